The van der Waals surface area contributed by atoms with E-state index in [1.54, 1.807) is 4.90 Å². The predicted molar refractivity (Wildman–Crippen MR) is 103 cm³/mol. The topological polar surface area (TPSA) is 79.5 Å². The number of nitrogens with zero attached hydrogens (tertiary/aromatic N) is 4. The fourth-order valence-electron chi connectivity index (χ4n) is 4.54. The molecule has 28 heavy (non-hydrogen) atoms. The first kappa shape index (κ1) is 18.7. The maximum atomic E-state index is 12.9. The number of likely N-dealkylation sites (N-methyl/N-ethyl adjacent to an activating group) is 1. The summed E-state index contributed by atoms with van der Waals surface area (Å²) in [7, 11) is 1.83. The Balaban J connectivity index is 1.44. The number of likely N-dealkylation sites (tertiary alicyclic amines) is 2. The molecule has 0 aliphatic carbocycles. The third kappa shape index (κ3) is 3.19. The van der Waals surface area contributed by atoms with Gasteiger partial charge >= 0.3 is 0 Å². The Hall–Kier alpha value is -2.70. The van der Waals surface area contributed by atoms with Gasteiger partial charge in [-0.25, -0.2) is 0 Å². The number of rotatable bonds is 4. The normalized spacial score (nSPS) is 22.3. The molecule has 1 spiro atoms. The molecule has 1 atom stereocenters. The van der Waals surface area contributed by atoms with E-state index in [-0.39, 0.29) is 18.2 Å². The number of hydrogen-bond donors (Lipinski definition) is 0. The van der Waals surface area contributed by atoms with Crippen molar-refractivity contribution >= 4 is 11.8 Å². The smallest absolute Gasteiger partial charge is 0.248 e. The number of aryl methyl sites for hydroxylation is 2. The van der Waals surface area contributed by atoms with Crippen LogP contribution in [0, 0.1) is 6.92 Å². The quantitative estimate of drug-likeness (QED) is 0.812. The van der Waals surface area contributed by atoms with Crippen molar-refractivity contribution in [3.05, 3.63) is 35.7 Å². The maximum Gasteiger partial charge on any atom is 0.248 e. The van der Waals surface area contributed by atoms with Crippen LogP contribution in [0.15, 0.2) is 28.8 Å². The highest BCUT2D eigenvalue weighted by Crippen LogP contribution is 2.38. The first-order valence-electron chi connectivity index (χ1n) is 9.96. The fraction of sp³-hybridized carbons (Fsp3) is 0.524. The Morgan fingerprint density at radius 1 is 1.21 bits per heavy atom. The molecule has 2 aromatic rings. The van der Waals surface area contributed by atoms with E-state index in [0.29, 0.717) is 24.7 Å². The van der Waals surface area contributed by atoms with E-state index in [0.717, 1.165) is 43.4 Å². The third-order valence-corrected chi connectivity index (χ3v) is 6.03. The number of carbonyl (C=O) groups is 2. The average Bonchev–Trinajstić information content (AvgIpc) is 3.32. The van der Waals surface area contributed by atoms with E-state index in [1.807, 2.05) is 43.1 Å². The predicted octanol–water partition coefficient (Wildman–Crippen LogP) is 2.59. The van der Waals surface area contributed by atoms with Gasteiger partial charge in [-0.1, -0.05) is 29.4 Å². The lowest BCUT2D eigenvalue weighted by Crippen LogP contribution is -2.60. The highest BCUT2D eigenvalue weighted by molar-refractivity contribution is 5.92. The zero-order valence-corrected chi connectivity index (χ0v) is 16.5. The lowest BCUT2D eigenvalue weighted by Gasteiger charge is -2.43. The van der Waals surface area contributed by atoms with Crippen LogP contribution in [0.3, 0.4) is 0 Å². The van der Waals surface area contributed by atoms with Crippen molar-refractivity contribution in [1.29, 1.82) is 0 Å². The van der Waals surface area contributed by atoms with Gasteiger partial charge in [0.05, 0.1) is 0 Å². The van der Waals surface area contributed by atoms with E-state index in [4.69, 9.17) is 4.52 Å². The van der Waals surface area contributed by atoms with Gasteiger partial charge in [-0.3, -0.25) is 9.59 Å². The Kier molecular flexibility index (Phi) is 4.91. The molecular weight excluding hydrogens is 356 g/mol. The second-order valence-electron chi connectivity index (χ2n) is 7.84. The van der Waals surface area contributed by atoms with Gasteiger partial charge in [-0.15, -0.1) is 0 Å². The number of amides is 2. The van der Waals surface area contributed by atoms with Crippen molar-refractivity contribution in [1.82, 2.24) is 19.9 Å². The van der Waals surface area contributed by atoms with Crippen molar-refractivity contribution in [3.8, 4) is 11.4 Å². The molecule has 1 unspecified atom stereocenters. The molecule has 2 amide bonds. The van der Waals surface area contributed by atoms with Gasteiger partial charge < -0.3 is 14.3 Å². The molecular formula is C21H26N4O3. The summed E-state index contributed by atoms with van der Waals surface area (Å²) >= 11 is 0. The van der Waals surface area contributed by atoms with E-state index in [1.165, 1.54) is 0 Å². The molecule has 2 aliphatic heterocycles. The van der Waals surface area contributed by atoms with Crippen LogP contribution >= 0.6 is 0 Å². The lowest BCUT2D eigenvalue weighted by atomic mass is 9.85. The number of aromatic nitrogens is 2. The van der Waals surface area contributed by atoms with Gasteiger partial charge in [-0.2, -0.15) is 4.98 Å². The van der Waals surface area contributed by atoms with Crippen molar-refractivity contribution in [2.75, 3.05) is 20.1 Å². The maximum absolute atomic E-state index is 12.9. The lowest BCUT2D eigenvalue weighted by molar-refractivity contribution is -0.154. The summed E-state index contributed by atoms with van der Waals surface area (Å²) in [4.78, 5) is 33.8. The minimum absolute atomic E-state index is 0.00297. The first-order valence-corrected chi connectivity index (χ1v) is 9.96. The Morgan fingerprint density at radius 2 is 1.96 bits per heavy atom. The van der Waals surface area contributed by atoms with Crippen LogP contribution in [0.5, 0.6) is 0 Å². The number of hydrogen-bond acceptors (Lipinski definition) is 5. The van der Waals surface area contributed by atoms with Crippen LogP contribution in [-0.2, 0) is 16.0 Å². The summed E-state index contributed by atoms with van der Waals surface area (Å²) in [6.45, 7) is 3.42. The molecule has 1 aromatic carbocycles. The standard InChI is InChI=1S/C21H26N4O3/c1-15-7-3-4-8-16(15)19-22-17(28-23-19)9-10-18(26)25-14-6-12-21(25)11-5-13-24(2)20(21)27/h3-4,7-8H,5-6,9-14H2,1-2H3. The summed E-state index contributed by atoms with van der Waals surface area (Å²) in [5.41, 5.74) is 1.37. The molecule has 0 radical (unpaired) electrons. The summed E-state index contributed by atoms with van der Waals surface area (Å²) in [6, 6.07) is 7.86. The molecule has 0 N–H and O–H groups in total. The van der Waals surface area contributed by atoms with Crippen molar-refractivity contribution in [2.45, 2.75) is 51.0 Å². The van der Waals surface area contributed by atoms with Gasteiger partial charge in [0.1, 0.15) is 5.54 Å². The van der Waals surface area contributed by atoms with Crippen molar-refractivity contribution in [2.24, 2.45) is 0 Å². The van der Waals surface area contributed by atoms with Crippen LogP contribution in [0.1, 0.15) is 43.6 Å². The number of benzene rings is 1. The first-order chi connectivity index (χ1) is 13.5. The average molecular weight is 382 g/mol. The second kappa shape index (κ2) is 7.37. The fourth-order valence-corrected chi connectivity index (χ4v) is 4.54. The Labute approximate surface area is 164 Å². The molecule has 7 heteroatoms. The highest BCUT2D eigenvalue weighted by atomic mass is 16.5. The van der Waals surface area contributed by atoms with E-state index in [9.17, 15) is 9.59 Å². The van der Waals surface area contributed by atoms with Crippen LogP contribution in [-0.4, -0.2) is 57.4 Å². The van der Waals surface area contributed by atoms with E-state index < -0.39 is 5.54 Å². The van der Waals surface area contributed by atoms with Gasteiger partial charge in [-0.05, 0) is 38.2 Å². The number of piperidine rings is 1. The van der Waals surface area contributed by atoms with Crippen molar-refractivity contribution < 1.29 is 14.1 Å². The van der Waals surface area contributed by atoms with Gasteiger partial charge in [0, 0.05) is 38.5 Å². The molecule has 4 rings (SSSR count). The number of carbonyl (C=O) groups excluding carboxylic acids is 2. The largest absolute Gasteiger partial charge is 0.344 e. The van der Waals surface area contributed by atoms with Crippen LogP contribution in [0.2, 0.25) is 0 Å². The second-order valence-corrected chi connectivity index (χ2v) is 7.84. The van der Waals surface area contributed by atoms with Gasteiger partial charge in [0.2, 0.25) is 23.5 Å². The van der Waals surface area contributed by atoms with Gasteiger partial charge in [0.15, 0.2) is 0 Å². The van der Waals surface area contributed by atoms with Gasteiger partial charge in [0.25, 0.3) is 0 Å². The molecule has 2 aliphatic rings. The van der Waals surface area contributed by atoms with E-state index >= 15 is 0 Å². The SMILES string of the molecule is Cc1ccccc1-c1noc(CCC(=O)N2CCCC23CCCN(C)C3=O)n1. The molecule has 2 fully saturated rings. The Morgan fingerprint density at radius 3 is 2.75 bits per heavy atom. The zero-order chi connectivity index (χ0) is 19.7. The Bertz CT molecular complexity index is 893. The van der Waals surface area contributed by atoms with E-state index in [2.05, 4.69) is 10.1 Å². The molecule has 2 saturated heterocycles. The summed E-state index contributed by atoms with van der Waals surface area (Å²) in [5, 5.41) is 4.06. The van der Waals surface area contributed by atoms with Crippen LogP contribution in [0.4, 0.5) is 0 Å². The monoisotopic (exact) mass is 382 g/mol. The third-order valence-electron chi connectivity index (χ3n) is 6.03. The molecule has 3 heterocycles. The van der Waals surface area contributed by atoms with Crippen LogP contribution in [0.25, 0.3) is 11.4 Å². The molecule has 148 valence electrons. The van der Waals surface area contributed by atoms with Crippen molar-refractivity contribution in [3.63, 3.8) is 0 Å². The highest BCUT2D eigenvalue weighted by Gasteiger charge is 2.51. The minimum atomic E-state index is -0.634. The summed E-state index contributed by atoms with van der Waals surface area (Å²) in [6.07, 6.45) is 4.00. The molecule has 0 saturated carbocycles. The minimum Gasteiger partial charge on any atom is -0.344 e. The van der Waals surface area contributed by atoms with Crippen LogP contribution < -0.4 is 0 Å². The summed E-state index contributed by atoms with van der Waals surface area (Å²) in [5.74, 6) is 1.08. The molecule has 1 aromatic heterocycles. The zero-order valence-electron chi connectivity index (χ0n) is 16.5. The summed E-state index contributed by atoms with van der Waals surface area (Å²) < 4.78 is 5.36. The molecule has 7 nitrogen and oxygen atoms in total. The molecule has 0 bridgehead atoms.